The van der Waals surface area contributed by atoms with Crippen LogP contribution >= 0.6 is 11.3 Å². The molecular weight excluding hydrogens is 252 g/mol. The van der Waals surface area contributed by atoms with E-state index in [1.807, 2.05) is 11.3 Å². The molecule has 2 aliphatic rings. The Bertz CT molecular complexity index is 447. The van der Waals surface area contributed by atoms with Gasteiger partial charge in [-0.1, -0.05) is 19.8 Å². The number of nitrogens with two attached hydrogens (primary N) is 1. The van der Waals surface area contributed by atoms with Gasteiger partial charge in [0.2, 0.25) is 0 Å². The molecule has 0 atom stereocenters. The highest BCUT2D eigenvalue weighted by Crippen LogP contribution is 2.53. The average molecular weight is 278 g/mol. The monoisotopic (exact) mass is 278 g/mol. The molecule has 0 bridgehead atoms. The second kappa shape index (κ2) is 4.85. The fourth-order valence-electron chi connectivity index (χ4n) is 4.03. The van der Waals surface area contributed by atoms with Gasteiger partial charge in [-0.15, -0.1) is 11.3 Å². The first kappa shape index (κ1) is 13.6. The SMILES string of the molecule is CCc1nc(C2(N)CCC3(CCCC3)CC2)sc1C. The van der Waals surface area contributed by atoms with Crippen LogP contribution in [0.1, 0.15) is 73.9 Å². The van der Waals surface area contributed by atoms with Crippen LogP contribution in [0, 0.1) is 12.3 Å². The van der Waals surface area contributed by atoms with Crippen molar-refractivity contribution in [2.24, 2.45) is 11.1 Å². The average Bonchev–Trinajstić information content (AvgIpc) is 3.01. The Kier molecular flexibility index (Phi) is 3.46. The van der Waals surface area contributed by atoms with Gasteiger partial charge < -0.3 is 5.73 Å². The Morgan fingerprint density at radius 1 is 1.11 bits per heavy atom. The molecule has 3 heteroatoms. The molecule has 2 saturated carbocycles. The number of thiazole rings is 1. The second-order valence-electron chi connectivity index (χ2n) is 6.74. The van der Waals surface area contributed by atoms with E-state index in [0.717, 1.165) is 19.3 Å². The number of aryl methyl sites for hydroxylation is 2. The minimum atomic E-state index is -0.128. The van der Waals surface area contributed by atoms with E-state index < -0.39 is 0 Å². The normalized spacial score (nSPS) is 25.0. The van der Waals surface area contributed by atoms with Crippen LogP contribution in [-0.4, -0.2) is 4.98 Å². The smallest absolute Gasteiger partial charge is 0.113 e. The van der Waals surface area contributed by atoms with Crippen LogP contribution in [0.3, 0.4) is 0 Å². The van der Waals surface area contributed by atoms with E-state index in [1.165, 1.54) is 54.1 Å². The number of aromatic nitrogens is 1. The molecule has 0 aromatic carbocycles. The van der Waals surface area contributed by atoms with E-state index in [4.69, 9.17) is 10.7 Å². The molecule has 2 N–H and O–H groups in total. The summed E-state index contributed by atoms with van der Waals surface area (Å²) in [4.78, 5) is 6.20. The van der Waals surface area contributed by atoms with Crippen molar-refractivity contribution in [3.05, 3.63) is 15.6 Å². The van der Waals surface area contributed by atoms with Gasteiger partial charge in [-0.2, -0.15) is 0 Å². The molecule has 2 aliphatic carbocycles. The van der Waals surface area contributed by atoms with Crippen LogP contribution in [0.25, 0.3) is 0 Å². The van der Waals surface area contributed by atoms with Gasteiger partial charge in [0.15, 0.2) is 0 Å². The summed E-state index contributed by atoms with van der Waals surface area (Å²) in [6.07, 6.45) is 11.7. The molecule has 0 radical (unpaired) electrons. The van der Waals surface area contributed by atoms with Crippen molar-refractivity contribution in [1.82, 2.24) is 4.98 Å². The van der Waals surface area contributed by atoms with Crippen molar-refractivity contribution < 1.29 is 0 Å². The number of rotatable bonds is 2. The lowest BCUT2D eigenvalue weighted by Crippen LogP contribution is -2.43. The largest absolute Gasteiger partial charge is 0.319 e. The quantitative estimate of drug-likeness (QED) is 0.876. The van der Waals surface area contributed by atoms with Crippen LogP contribution < -0.4 is 5.73 Å². The zero-order valence-corrected chi connectivity index (χ0v) is 13.1. The van der Waals surface area contributed by atoms with Gasteiger partial charge in [0.25, 0.3) is 0 Å². The fourth-order valence-corrected chi connectivity index (χ4v) is 5.20. The summed E-state index contributed by atoms with van der Waals surface area (Å²) in [6.45, 7) is 4.37. The van der Waals surface area contributed by atoms with Gasteiger partial charge in [0, 0.05) is 4.88 Å². The molecule has 0 unspecified atom stereocenters. The van der Waals surface area contributed by atoms with Gasteiger partial charge >= 0.3 is 0 Å². The molecule has 1 aromatic rings. The Morgan fingerprint density at radius 3 is 2.26 bits per heavy atom. The predicted octanol–water partition coefficient (Wildman–Crippen LogP) is 4.30. The highest BCUT2D eigenvalue weighted by Gasteiger charge is 2.44. The second-order valence-corrected chi connectivity index (χ2v) is 7.94. The lowest BCUT2D eigenvalue weighted by molar-refractivity contribution is 0.134. The summed E-state index contributed by atoms with van der Waals surface area (Å²) in [5, 5.41) is 1.20. The first-order chi connectivity index (χ1) is 9.07. The summed E-state index contributed by atoms with van der Waals surface area (Å²) < 4.78 is 0. The van der Waals surface area contributed by atoms with Gasteiger partial charge in [-0.25, -0.2) is 4.98 Å². The van der Waals surface area contributed by atoms with Crippen molar-refractivity contribution in [2.75, 3.05) is 0 Å². The zero-order chi connectivity index (χ0) is 13.5. The minimum absolute atomic E-state index is 0.128. The molecular formula is C16H26N2S. The molecule has 2 fully saturated rings. The van der Waals surface area contributed by atoms with Crippen LogP contribution in [-0.2, 0) is 12.0 Å². The Balaban J connectivity index is 1.77. The van der Waals surface area contributed by atoms with E-state index >= 15 is 0 Å². The zero-order valence-electron chi connectivity index (χ0n) is 12.3. The van der Waals surface area contributed by atoms with E-state index in [9.17, 15) is 0 Å². The molecule has 0 amide bonds. The predicted molar refractivity (Wildman–Crippen MR) is 81.5 cm³/mol. The van der Waals surface area contributed by atoms with Crippen LogP contribution in [0.2, 0.25) is 0 Å². The number of nitrogens with zero attached hydrogens (tertiary/aromatic N) is 1. The van der Waals surface area contributed by atoms with Crippen molar-refractivity contribution in [2.45, 2.75) is 77.2 Å². The molecule has 106 valence electrons. The topological polar surface area (TPSA) is 38.9 Å². The third-order valence-electron chi connectivity index (χ3n) is 5.52. The fraction of sp³-hybridized carbons (Fsp3) is 0.812. The van der Waals surface area contributed by atoms with Gasteiger partial charge in [0.1, 0.15) is 5.01 Å². The Labute approximate surface area is 120 Å². The highest BCUT2D eigenvalue weighted by atomic mass is 32.1. The Hall–Kier alpha value is -0.410. The van der Waals surface area contributed by atoms with Crippen LogP contribution in [0.15, 0.2) is 0 Å². The van der Waals surface area contributed by atoms with Gasteiger partial charge in [-0.3, -0.25) is 0 Å². The van der Waals surface area contributed by atoms with Crippen molar-refractivity contribution >= 4 is 11.3 Å². The first-order valence-electron chi connectivity index (χ1n) is 7.83. The minimum Gasteiger partial charge on any atom is -0.319 e. The lowest BCUT2D eigenvalue weighted by Gasteiger charge is -2.42. The first-order valence-corrected chi connectivity index (χ1v) is 8.64. The molecule has 0 saturated heterocycles. The standard InChI is InChI=1S/C16H26N2S/c1-3-13-12(2)19-14(18-13)16(17)10-8-15(9-11-16)6-4-5-7-15/h3-11,17H2,1-2H3. The maximum absolute atomic E-state index is 6.72. The van der Waals surface area contributed by atoms with Gasteiger partial charge in [0.05, 0.1) is 11.2 Å². The third kappa shape index (κ3) is 2.36. The van der Waals surface area contributed by atoms with Gasteiger partial charge in [-0.05, 0) is 57.3 Å². The summed E-state index contributed by atoms with van der Waals surface area (Å²) in [5.74, 6) is 0. The van der Waals surface area contributed by atoms with E-state index in [-0.39, 0.29) is 5.54 Å². The molecule has 3 rings (SSSR count). The number of hydrogen-bond acceptors (Lipinski definition) is 3. The number of hydrogen-bond donors (Lipinski definition) is 1. The molecule has 2 nitrogen and oxygen atoms in total. The third-order valence-corrected chi connectivity index (χ3v) is 6.75. The maximum Gasteiger partial charge on any atom is 0.113 e. The maximum atomic E-state index is 6.72. The van der Waals surface area contributed by atoms with Crippen molar-refractivity contribution in [3.63, 3.8) is 0 Å². The van der Waals surface area contributed by atoms with Crippen molar-refractivity contribution in [3.8, 4) is 0 Å². The van der Waals surface area contributed by atoms with Crippen LogP contribution in [0.4, 0.5) is 0 Å². The highest BCUT2D eigenvalue weighted by molar-refractivity contribution is 7.11. The molecule has 1 spiro atoms. The summed E-state index contributed by atoms with van der Waals surface area (Å²) in [5.41, 5.74) is 8.50. The summed E-state index contributed by atoms with van der Waals surface area (Å²) >= 11 is 1.84. The lowest BCUT2D eigenvalue weighted by atomic mass is 9.67. The summed E-state index contributed by atoms with van der Waals surface area (Å²) in [6, 6.07) is 0. The van der Waals surface area contributed by atoms with Crippen LogP contribution in [0.5, 0.6) is 0 Å². The van der Waals surface area contributed by atoms with E-state index in [0.29, 0.717) is 5.41 Å². The van der Waals surface area contributed by atoms with Crippen molar-refractivity contribution in [1.29, 1.82) is 0 Å². The van der Waals surface area contributed by atoms with E-state index in [1.54, 1.807) is 0 Å². The molecule has 1 aromatic heterocycles. The van der Waals surface area contributed by atoms with E-state index in [2.05, 4.69) is 13.8 Å². The molecule has 19 heavy (non-hydrogen) atoms. The molecule has 0 aliphatic heterocycles. The summed E-state index contributed by atoms with van der Waals surface area (Å²) in [7, 11) is 0. The molecule has 1 heterocycles. The Morgan fingerprint density at radius 2 is 1.74 bits per heavy atom.